The van der Waals surface area contributed by atoms with Crippen LogP contribution in [0.1, 0.15) is 37.8 Å². The van der Waals surface area contributed by atoms with Crippen LogP contribution in [0.3, 0.4) is 0 Å². The van der Waals surface area contributed by atoms with Crippen molar-refractivity contribution >= 4 is 17.1 Å². The Bertz CT molecular complexity index is 1070. The highest BCUT2D eigenvalue weighted by molar-refractivity contribution is 5.84. The lowest BCUT2D eigenvalue weighted by molar-refractivity contribution is -0.462. The average Bonchev–Trinajstić information content (AvgIpc) is 3.21. The third-order valence-electron chi connectivity index (χ3n) is 6.31. The van der Waals surface area contributed by atoms with Gasteiger partial charge < -0.3 is 14.6 Å². The first-order valence-corrected chi connectivity index (χ1v) is 10.6. The number of aromatic nitrogens is 1. The van der Waals surface area contributed by atoms with E-state index in [0.717, 1.165) is 53.8 Å². The van der Waals surface area contributed by atoms with E-state index in [-0.39, 0.29) is 18.1 Å². The summed E-state index contributed by atoms with van der Waals surface area (Å²) >= 11 is 0. The molecule has 0 saturated heterocycles. The third kappa shape index (κ3) is 3.63. The molecule has 1 fully saturated rings. The summed E-state index contributed by atoms with van der Waals surface area (Å²) in [7, 11) is 0. The van der Waals surface area contributed by atoms with Crippen LogP contribution in [0, 0.1) is 11.3 Å². The molecule has 1 aromatic carbocycles. The van der Waals surface area contributed by atoms with Crippen molar-refractivity contribution in [3.8, 4) is 5.75 Å². The predicted octanol–water partition coefficient (Wildman–Crippen LogP) is 3.79. The zero-order valence-electron chi connectivity index (χ0n) is 17.4. The minimum absolute atomic E-state index is 0.0528. The van der Waals surface area contributed by atoms with Crippen molar-refractivity contribution in [3.63, 3.8) is 0 Å². The van der Waals surface area contributed by atoms with Crippen LogP contribution in [0.25, 0.3) is 10.9 Å². The summed E-state index contributed by atoms with van der Waals surface area (Å²) in [6.45, 7) is 5.70. The summed E-state index contributed by atoms with van der Waals surface area (Å²) in [5.74, 6) is 1.23. The fourth-order valence-corrected chi connectivity index (χ4v) is 4.59. The van der Waals surface area contributed by atoms with E-state index in [1.165, 1.54) is 5.56 Å². The van der Waals surface area contributed by atoms with Crippen LogP contribution in [-0.4, -0.2) is 40.3 Å². The first-order chi connectivity index (χ1) is 14.5. The number of pyridine rings is 1. The fourth-order valence-electron chi connectivity index (χ4n) is 4.59. The summed E-state index contributed by atoms with van der Waals surface area (Å²) in [5, 5.41) is 19.1. The van der Waals surface area contributed by atoms with Crippen LogP contribution in [0.4, 0.5) is 0 Å². The molecule has 156 valence electrons. The molecule has 7 nitrogen and oxygen atoms in total. The molecule has 0 unspecified atom stereocenters. The van der Waals surface area contributed by atoms with E-state index in [0.29, 0.717) is 12.5 Å². The van der Waals surface area contributed by atoms with Gasteiger partial charge >= 0.3 is 0 Å². The number of hydrogen-bond donors (Lipinski definition) is 1. The van der Waals surface area contributed by atoms with Crippen molar-refractivity contribution in [3.05, 3.63) is 47.4 Å². The molecule has 5 rings (SSSR count). The summed E-state index contributed by atoms with van der Waals surface area (Å²) in [6.07, 6.45) is 8.55. The number of hydrogen-bond acceptors (Lipinski definition) is 6. The Balaban J connectivity index is 1.30. The second kappa shape index (κ2) is 7.56. The van der Waals surface area contributed by atoms with Gasteiger partial charge in [0.15, 0.2) is 12.3 Å². The van der Waals surface area contributed by atoms with Gasteiger partial charge in [0.05, 0.1) is 23.8 Å². The van der Waals surface area contributed by atoms with Crippen molar-refractivity contribution in [1.82, 2.24) is 4.98 Å². The van der Waals surface area contributed by atoms with E-state index < -0.39 is 0 Å². The predicted molar refractivity (Wildman–Crippen MR) is 112 cm³/mol. The molecule has 1 aromatic heterocycles. The van der Waals surface area contributed by atoms with Gasteiger partial charge in [-0.25, -0.2) is 0 Å². The van der Waals surface area contributed by atoms with Gasteiger partial charge in [-0.3, -0.25) is 4.98 Å². The van der Waals surface area contributed by atoms with Gasteiger partial charge in [-0.1, -0.05) is 6.92 Å². The highest BCUT2D eigenvalue weighted by atomic mass is 16.5. The normalized spacial score (nSPS) is 27.6. The Kier molecular flexibility index (Phi) is 4.87. The molecule has 1 saturated carbocycles. The number of benzene rings is 1. The van der Waals surface area contributed by atoms with Gasteiger partial charge in [-0.05, 0) is 60.9 Å². The maximum atomic E-state index is 9.40. The summed E-state index contributed by atoms with van der Waals surface area (Å²) in [6, 6.07) is 6.04. The fraction of sp³-hybridized carbons (Fsp3) is 0.478. The van der Waals surface area contributed by atoms with Crippen molar-refractivity contribution in [1.29, 1.82) is 0 Å². The first-order valence-electron chi connectivity index (χ1n) is 10.6. The second-order valence-electron chi connectivity index (χ2n) is 8.91. The molecule has 2 aliphatic heterocycles. The number of ether oxygens (including phenoxy) is 2. The van der Waals surface area contributed by atoms with Crippen molar-refractivity contribution in [2.45, 2.75) is 45.8 Å². The van der Waals surface area contributed by atoms with E-state index in [9.17, 15) is 5.11 Å². The third-order valence-corrected chi connectivity index (χ3v) is 6.31. The van der Waals surface area contributed by atoms with Gasteiger partial charge in [-0.15, -0.1) is 4.68 Å². The second-order valence-corrected chi connectivity index (χ2v) is 8.91. The lowest BCUT2D eigenvalue weighted by Crippen LogP contribution is -2.39. The highest BCUT2D eigenvalue weighted by Crippen LogP contribution is 2.43. The smallest absolute Gasteiger partial charge is 0.261 e. The molecular formula is C23H27N4O3+. The van der Waals surface area contributed by atoms with E-state index in [1.807, 2.05) is 31.5 Å². The molecule has 7 heteroatoms. The Labute approximate surface area is 175 Å². The minimum atomic E-state index is -0.218. The molecule has 1 aliphatic carbocycles. The monoisotopic (exact) mass is 407 g/mol. The number of nitrogens with zero attached hydrogens (tertiary/aromatic N) is 4. The Morgan fingerprint density at radius 3 is 3.10 bits per heavy atom. The Hall–Kier alpha value is -2.64. The lowest BCUT2D eigenvalue weighted by Gasteiger charge is -2.41. The molecule has 3 aliphatic rings. The maximum absolute atomic E-state index is 9.40. The zero-order valence-corrected chi connectivity index (χ0v) is 17.4. The summed E-state index contributed by atoms with van der Waals surface area (Å²) in [4.78, 5) is 4.55. The quantitative estimate of drug-likeness (QED) is 0.765. The van der Waals surface area contributed by atoms with Gasteiger partial charge in [0, 0.05) is 24.1 Å². The molecular weight excluding hydrogens is 380 g/mol. The molecule has 2 aromatic rings. The van der Waals surface area contributed by atoms with E-state index in [1.54, 1.807) is 4.68 Å². The molecule has 30 heavy (non-hydrogen) atoms. The average molecular weight is 407 g/mol. The zero-order chi connectivity index (χ0) is 20.7. The van der Waals surface area contributed by atoms with Crippen molar-refractivity contribution < 1.29 is 19.3 Å². The van der Waals surface area contributed by atoms with Gasteiger partial charge in [0.25, 0.3) is 5.70 Å². The SMILES string of the molecule is C[C@@H](Oc1ccc2ncc3c(c2c1)CCOC3)C1=C/[N+](=C/C2CC(C)(CO)C2)N=N1. The van der Waals surface area contributed by atoms with Crippen LogP contribution in [0.2, 0.25) is 0 Å². The molecule has 0 bridgehead atoms. The number of fused-ring (bicyclic) bond motifs is 3. The molecule has 0 radical (unpaired) electrons. The number of aliphatic hydroxyl groups is 1. The number of rotatable bonds is 5. The highest BCUT2D eigenvalue weighted by Gasteiger charge is 2.40. The molecule has 1 atom stereocenters. The Morgan fingerprint density at radius 2 is 2.27 bits per heavy atom. The molecule has 0 amide bonds. The van der Waals surface area contributed by atoms with Crippen LogP contribution >= 0.6 is 0 Å². The maximum Gasteiger partial charge on any atom is 0.261 e. The van der Waals surface area contributed by atoms with Crippen LogP contribution in [0.15, 0.2) is 46.6 Å². The Morgan fingerprint density at radius 1 is 1.40 bits per heavy atom. The van der Waals surface area contributed by atoms with Gasteiger partial charge in [0.1, 0.15) is 17.2 Å². The van der Waals surface area contributed by atoms with Gasteiger partial charge in [-0.2, -0.15) is 0 Å². The lowest BCUT2D eigenvalue weighted by atomic mass is 9.64. The molecule has 0 spiro atoms. The van der Waals surface area contributed by atoms with Gasteiger partial charge in [0.2, 0.25) is 0 Å². The van der Waals surface area contributed by atoms with Crippen LogP contribution < -0.4 is 4.74 Å². The largest absolute Gasteiger partial charge is 0.482 e. The molecule has 1 N–H and O–H groups in total. The summed E-state index contributed by atoms with van der Waals surface area (Å²) < 4.78 is 13.5. The minimum Gasteiger partial charge on any atom is -0.482 e. The standard InChI is InChI=1S/C23H27N4O3/c1-15(22-12-27(26-25-22)11-16-8-23(2,9-16)14-28)30-18-3-4-21-20(7-18)19-5-6-29-13-17(19)10-24-21/h3-4,7,10-12,15-16,28H,5-6,8-9,13-14H2,1-2H3/q+1/b27-11-/t15-,16?,23?/m1/s1. The van der Waals surface area contributed by atoms with Crippen LogP contribution in [-0.2, 0) is 17.8 Å². The van der Waals surface area contributed by atoms with E-state index in [4.69, 9.17) is 9.47 Å². The van der Waals surface area contributed by atoms with Crippen LogP contribution in [0.5, 0.6) is 5.75 Å². The summed E-state index contributed by atoms with van der Waals surface area (Å²) in [5.41, 5.74) is 4.28. The molecule has 3 heterocycles. The topological polar surface area (TPSA) is 79.3 Å². The van der Waals surface area contributed by atoms with Crippen molar-refractivity contribution in [2.75, 3.05) is 13.2 Å². The first kappa shape index (κ1) is 19.3. The van der Waals surface area contributed by atoms with E-state index >= 15 is 0 Å². The number of aliphatic hydroxyl groups excluding tert-OH is 1. The van der Waals surface area contributed by atoms with Crippen molar-refractivity contribution in [2.24, 2.45) is 21.7 Å². The van der Waals surface area contributed by atoms with E-state index in [2.05, 4.69) is 34.5 Å².